The van der Waals surface area contributed by atoms with Gasteiger partial charge >= 0.3 is 5.97 Å². The Bertz CT molecular complexity index is 378. The third-order valence-corrected chi connectivity index (χ3v) is 2.70. The molecule has 0 fully saturated rings. The van der Waals surface area contributed by atoms with Gasteiger partial charge in [-0.2, -0.15) is 0 Å². The maximum absolute atomic E-state index is 11.1. The molecule has 0 aliphatic heterocycles. The van der Waals surface area contributed by atoms with Gasteiger partial charge in [-0.25, -0.2) is 0 Å². The minimum atomic E-state index is -0.924. The average molecular weight is 223 g/mol. The van der Waals surface area contributed by atoms with Crippen LogP contribution in [0.1, 0.15) is 12.5 Å². The lowest BCUT2D eigenvalue weighted by molar-refractivity contribution is -0.147. The lowest BCUT2D eigenvalue weighted by atomic mass is 9.84. The minimum absolute atomic E-state index is 0.111. The maximum atomic E-state index is 11.1. The number of hydrogen-bond donors (Lipinski definition) is 2. The highest BCUT2D eigenvalue weighted by Crippen LogP contribution is 2.23. The molecule has 3 N–H and O–H groups in total. The number of nitrogens with two attached hydrogens (primary N) is 1. The van der Waals surface area contributed by atoms with Crippen molar-refractivity contribution in [3.63, 3.8) is 0 Å². The van der Waals surface area contributed by atoms with Gasteiger partial charge in [0.25, 0.3) is 0 Å². The minimum Gasteiger partial charge on any atom is -0.497 e. The van der Waals surface area contributed by atoms with E-state index in [-0.39, 0.29) is 6.54 Å². The summed E-state index contributed by atoms with van der Waals surface area (Å²) in [6, 6.07) is 7.37. The summed E-state index contributed by atoms with van der Waals surface area (Å²) < 4.78 is 5.08. The van der Waals surface area contributed by atoms with Crippen molar-refractivity contribution < 1.29 is 14.6 Å². The van der Waals surface area contributed by atoms with Crippen molar-refractivity contribution >= 4 is 5.97 Å². The molecule has 0 spiro atoms. The molecule has 88 valence electrons. The van der Waals surface area contributed by atoms with Crippen LogP contribution < -0.4 is 10.5 Å². The lowest BCUT2D eigenvalue weighted by Crippen LogP contribution is -2.37. The van der Waals surface area contributed by atoms with Gasteiger partial charge in [-0.1, -0.05) is 12.1 Å². The smallest absolute Gasteiger partial charge is 0.310 e. The van der Waals surface area contributed by atoms with E-state index in [1.54, 1.807) is 14.0 Å². The molecule has 1 aromatic carbocycles. The van der Waals surface area contributed by atoms with Crippen LogP contribution in [0.2, 0.25) is 0 Å². The van der Waals surface area contributed by atoms with E-state index in [1.165, 1.54) is 0 Å². The molecule has 1 rings (SSSR count). The Morgan fingerprint density at radius 3 is 2.75 bits per heavy atom. The topological polar surface area (TPSA) is 72.5 Å². The average Bonchev–Trinajstić information content (AvgIpc) is 2.29. The van der Waals surface area contributed by atoms with Crippen molar-refractivity contribution in [3.05, 3.63) is 29.8 Å². The molecule has 0 saturated carbocycles. The van der Waals surface area contributed by atoms with Crippen molar-refractivity contribution in [1.82, 2.24) is 0 Å². The molecule has 0 radical (unpaired) electrons. The molecule has 16 heavy (non-hydrogen) atoms. The summed E-state index contributed by atoms with van der Waals surface area (Å²) in [6.45, 7) is 1.76. The number of ether oxygens (including phenoxy) is 1. The molecule has 0 aliphatic rings. The van der Waals surface area contributed by atoms with Crippen LogP contribution >= 0.6 is 0 Å². The second kappa shape index (κ2) is 4.99. The SMILES string of the molecule is COc1cccc(CC(C)(CN)C(=O)O)c1. The van der Waals surface area contributed by atoms with E-state index in [0.717, 1.165) is 11.3 Å². The van der Waals surface area contributed by atoms with Gasteiger partial charge in [-0.15, -0.1) is 0 Å². The molecule has 0 bridgehead atoms. The first-order valence-corrected chi connectivity index (χ1v) is 5.08. The molecule has 0 heterocycles. The van der Waals surface area contributed by atoms with Gasteiger partial charge in [0.1, 0.15) is 5.75 Å². The predicted molar refractivity (Wildman–Crippen MR) is 61.5 cm³/mol. The molecule has 0 amide bonds. The molecule has 1 atom stereocenters. The summed E-state index contributed by atoms with van der Waals surface area (Å²) in [5, 5.41) is 9.11. The van der Waals surface area contributed by atoms with E-state index < -0.39 is 11.4 Å². The van der Waals surface area contributed by atoms with Gasteiger partial charge in [-0.3, -0.25) is 4.79 Å². The normalized spacial score (nSPS) is 14.2. The Labute approximate surface area is 95.0 Å². The van der Waals surface area contributed by atoms with Gasteiger partial charge < -0.3 is 15.6 Å². The highest BCUT2D eigenvalue weighted by molar-refractivity contribution is 5.74. The third kappa shape index (κ3) is 2.73. The van der Waals surface area contributed by atoms with Gasteiger partial charge in [0.15, 0.2) is 0 Å². The van der Waals surface area contributed by atoms with Gasteiger partial charge in [0.05, 0.1) is 12.5 Å². The number of carboxylic acids is 1. The number of carbonyl (C=O) groups is 1. The molecule has 0 aliphatic carbocycles. The molecule has 1 aromatic rings. The first-order chi connectivity index (χ1) is 7.51. The van der Waals surface area contributed by atoms with Crippen molar-refractivity contribution in [2.45, 2.75) is 13.3 Å². The van der Waals surface area contributed by atoms with Crippen LogP contribution in [-0.2, 0) is 11.2 Å². The fourth-order valence-electron chi connectivity index (χ4n) is 1.47. The Morgan fingerprint density at radius 2 is 2.25 bits per heavy atom. The Kier molecular flexibility index (Phi) is 3.90. The zero-order valence-corrected chi connectivity index (χ0v) is 9.56. The van der Waals surface area contributed by atoms with E-state index in [4.69, 9.17) is 15.6 Å². The summed E-state index contributed by atoms with van der Waals surface area (Å²) in [5.74, 6) is -0.153. The largest absolute Gasteiger partial charge is 0.497 e. The van der Waals surface area contributed by atoms with Crippen molar-refractivity contribution in [3.8, 4) is 5.75 Å². The van der Waals surface area contributed by atoms with E-state index in [2.05, 4.69) is 0 Å². The number of benzene rings is 1. The monoisotopic (exact) mass is 223 g/mol. The summed E-state index contributed by atoms with van der Waals surface area (Å²) >= 11 is 0. The van der Waals surface area contributed by atoms with Crippen molar-refractivity contribution in [2.75, 3.05) is 13.7 Å². The molecule has 4 nitrogen and oxygen atoms in total. The van der Waals surface area contributed by atoms with E-state index in [0.29, 0.717) is 6.42 Å². The predicted octanol–water partition coefficient (Wildman–Crippen LogP) is 1.29. The van der Waals surface area contributed by atoms with Crippen LogP contribution in [0.5, 0.6) is 5.75 Å². The van der Waals surface area contributed by atoms with Crippen LogP contribution in [0, 0.1) is 5.41 Å². The third-order valence-electron chi connectivity index (χ3n) is 2.70. The molecular formula is C12H17NO3. The Balaban J connectivity index is 2.90. The molecule has 0 saturated heterocycles. The van der Waals surface area contributed by atoms with Crippen molar-refractivity contribution in [1.29, 1.82) is 0 Å². The molecule has 1 unspecified atom stereocenters. The quantitative estimate of drug-likeness (QED) is 0.788. The lowest BCUT2D eigenvalue weighted by Gasteiger charge is -2.22. The van der Waals surface area contributed by atoms with E-state index in [1.807, 2.05) is 24.3 Å². The van der Waals surface area contributed by atoms with Gasteiger partial charge in [-0.05, 0) is 31.0 Å². The number of hydrogen-bond acceptors (Lipinski definition) is 3. The zero-order valence-electron chi connectivity index (χ0n) is 9.56. The maximum Gasteiger partial charge on any atom is 0.310 e. The second-order valence-corrected chi connectivity index (χ2v) is 4.10. The summed E-state index contributed by atoms with van der Waals surface area (Å²) in [6.07, 6.45) is 0.399. The standard InChI is InChI=1S/C12H17NO3/c1-12(8-13,11(14)15)7-9-4-3-5-10(6-9)16-2/h3-6H,7-8,13H2,1-2H3,(H,14,15). The zero-order chi connectivity index (χ0) is 12.2. The van der Waals surface area contributed by atoms with Crippen molar-refractivity contribution in [2.24, 2.45) is 11.1 Å². The molecule has 0 aromatic heterocycles. The second-order valence-electron chi connectivity index (χ2n) is 4.10. The summed E-state index contributed by atoms with van der Waals surface area (Å²) in [5.41, 5.74) is 5.50. The fraction of sp³-hybridized carbons (Fsp3) is 0.417. The molecule has 4 heteroatoms. The van der Waals surface area contributed by atoms with Crippen LogP contribution in [0.15, 0.2) is 24.3 Å². The van der Waals surface area contributed by atoms with Crippen LogP contribution in [0.3, 0.4) is 0 Å². The Hall–Kier alpha value is -1.55. The number of carboxylic acid groups (broad SMARTS) is 1. The molecular weight excluding hydrogens is 206 g/mol. The fourth-order valence-corrected chi connectivity index (χ4v) is 1.47. The van der Waals surface area contributed by atoms with E-state index >= 15 is 0 Å². The highest BCUT2D eigenvalue weighted by atomic mass is 16.5. The first-order valence-electron chi connectivity index (χ1n) is 5.08. The highest BCUT2D eigenvalue weighted by Gasteiger charge is 2.31. The van der Waals surface area contributed by atoms with Gasteiger partial charge in [0.2, 0.25) is 0 Å². The van der Waals surface area contributed by atoms with Gasteiger partial charge in [0, 0.05) is 6.54 Å². The van der Waals surface area contributed by atoms with Crippen LogP contribution in [0.4, 0.5) is 0 Å². The number of methoxy groups -OCH3 is 1. The number of rotatable bonds is 5. The van der Waals surface area contributed by atoms with Crippen LogP contribution in [0.25, 0.3) is 0 Å². The first kappa shape index (κ1) is 12.5. The number of aliphatic carboxylic acids is 1. The Morgan fingerprint density at radius 1 is 1.56 bits per heavy atom. The summed E-state index contributed by atoms with van der Waals surface area (Å²) in [4.78, 5) is 11.1. The van der Waals surface area contributed by atoms with E-state index in [9.17, 15) is 4.79 Å². The summed E-state index contributed by atoms with van der Waals surface area (Å²) in [7, 11) is 1.58. The van der Waals surface area contributed by atoms with Crippen LogP contribution in [-0.4, -0.2) is 24.7 Å².